The van der Waals surface area contributed by atoms with Crippen molar-refractivity contribution in [3.8, 4) is 0 Å². The van der Waals surface area contributed by atoms with Gasteiger partial charge in [-0.25, -0.2) is 4.98 Å². The fourth-order valence-electron chi connectivity index (χ4n) is 1.63. The summed E-state index contributed by atoms with van der Waals surface area (Å²) in [4.78, 5) is 22.1. The molecule has 6 heteroatoms. The third-order valence-corrected chi connectivity index (χ3v) is 2.59. The van der Waals surface area contributed by atoms with Gasteiger partial charge < -0.3 is 15.5 Å². The molecule has 0 fully saturated rings. The van der Waals surface area contributed by atoms with E-state index in [0.29, 0.717) is 19.0 Å². The molecule has 0 aromatic carbocycles. The van der Waals surface area contributed by atoms with E-state index in [1.54, 1.807) is 6.20 Å². The molecule has 2 N–H and O–H groups in total. The molecule has 0 saturated carbocycles. The van der Waals surface area contributed by atoms with Gasteiger partial charge in [0.25, 0.3) is 0 Å². The van der Waals surface area contributed by atoms with Gasteiger partial charge in [0.2, 0.25) is 11.9 Å². The smallest absolute Gasteiger partial charge is 0.239 e. The van der Waals surface area contributed by atoms with Crippen molar-refractivity contribution in [3.05, 3.63) is 12.3 Å². The number of likely N-dealkylation sites (N-methyl/N-ethyl adjacent to an activating group) is 2. The van der Waals surface area contributed by atoms with Crippen LogP contribution >= 0.6 is 0 Å². The Morgan fingerprint density at radius 1 is 1.37 bits per heavy atom. The molecule has 6 nitrogen and oxygen atoms in total. The van der Waals surface area contributed by atoms with E-state index in [0.717, 1.165) is 25.3 Å². The molecule has 1 aromatic heterocycles. The molecule has 0 radical (unpaired) electrons. The molecule has 0 spiro atoms. The number of rotatable bonds is 8. The molecular formula is C13H23N5O. The van der Waals surface area contributed by atoms with Gasteiger partial charge in [-0.3, -0.25) is 4.79 Å². The fourth-order valence-corrected chi connectivity index (χ4v) is 1.63. The molecule has 106 valence electrons. The van der Waals surface area contributed by atoms with Crippen LogP contribution in [0.1, 0.15) is 27.2 Å². The summed E-state index contributed by atoms with van der Waals surface area (Å²) in [5, 5.41) is 5.93. The van der Waals surface area contributed by atoms with Gasteiger partial charge in [0.1, 0.15) is 5.82 Å². The number of hydrogen-bond donors (Lipinski definition) is 2. The second-order valence-corrected chi connectivity index (χ2v) is 4.13. The highest BCUT2D eigenvalue weighted by Gasteiger charge is 2.11. The van der Waals surface area contributed by atoms with Crippen LogP contribution in [0.3, 0.4) is 0 Å². The Bertz CT molecular complexity index is 396. The van der Waals surface area contributed by atoms with Crippen LogP contribution in [0.4, 0.5) is 11.8 Å². The lowest BCUT2D eigenvalue weighted by atomic mass is 10.4. The van der Waals surface area contributed by atoms with Crippen molar-refractivity contribution < 1.29 is 4.79 Å². The summed E-state index contributed by atoms with van der Waals surface area (Å²) in [7, 11) is 0. The quantitative estimate of drug-likeness (QED) is 0.740. The predicted molar refractivity (Wildman–Crippen MR) is 77.4 cm³/mol. The van der Waals surface area contributed by atoms with E-state index < -0.39 is 0 Å². The van der Waals surface area contributed by atoms with Gasteiger partial charge in [0, 0.05) is 25.8 Å². The van der Waals surface area contributed by atoms with Gasteiger partial charge in [0.15, 0.2) is 0 Å². The minimum Gasteiger partial charge on any atom is -0.355 e. The van der Waals surface area contributed by atoms with E-state index in [4.69, 9.17) is 0 Å². The number of nitrogens with one attached hydrogen (secondary N) is 2. The third kappa shape index (κ3) is 5.11. The summed E-state index contributed by atoms with van der Waals surface area (Å²) >= 11 is 0. The highest BCUT2D eigenvalue weighted by Crippen LogP contribution is 2.11. The first-order valence-corrected chi connectivity index (χ1v) is 6.79. The Hall–Kier alpha value is -1.85. The summed E-state index contributed by atoms with van der Waals surface area (Å²) in [6.07, 6.45) is 2.73. The SMILES string of the molecule is CCCNc1nccc(N(CC)CC(=O)NCC)n1. The van der Waals surface area contributed by atoms with Crippen molar-refractivity contribution >= 4 is 17.7 Å². The van der Waals surface area contributed by atoms with Gasteiger partial charge in [-0.1, -0.05) is 6.92 Å². The van der Waals surface area contributed by atoms with Crippen molar-refractivity contribution in [2.75, 3.05) is 36.4 Å². The third-order valence-electron chi connectivity index (χ3n) is 2.59. The van der Waals surface area contributed by atoms with Gasteiger partial charge >= 0.3 is 0 Å². The zero-order valence-electron chi connectivity index (χ0n) is 11.9. The average Bonchev–Trinajstić information content (AvgIpc) is 2.43. The van der Waals surface area contributed by atoms with Crippen molar-refractivity contribution in [3.63, 3.8) is 0 Å². The van der Waals surface area contributed by atoms with Gasteiger partial charge in [-0.05, 0) is 26.3 Å². The number of nitrogens with zero attached hydrogens (tertiary/aromatic N) is 3. The average molecular weight is 265 g/mol. The zero-order valence-corrected chi connectivity index (χ0v) is 11.9. The number of aromatic nitrogens is 2. The minimum atomic E-state index is 0.00558. The van der Waals surface area contributed by atoms with E-state index in [9.17, 15) is 4.79 Å². The Balaban J connectivity index is 2.71. The van der Waals surface area contributed by atoms with E-state index in [1.807, 2.05) is 24.8 Å². The number of amides is 1. The van der Waals surface area contributed by atoms with Crippen LogP contribution < -0.4 is 15.5 Å². The molecule has 0 aliphatic heterocycles. The van der Waals surface area contributed by atoms with Gasteiger partial charge in [-0.15, -0.1) is 0 Å². The van der Waals surface area contributed by atoms with Gasteiger partial charge in [0.05, 0.1) is 6.54 Å². The molecule has 1 heterocycles. The molecule has 1 rings (SSSR count). The summed E-state index contributed by atoms with van der Waals surface area (Å²) < 4.78 is 0. The molecule has 0 unspecified atom stereocenters. The maximum atomic E-state index is 11.6. The van der Waals surface area contributed by atoms with Crippen molar-refractivity contribution in [1.82, 2.24) is 15.3 Å². The number of carbonyl (C=O) groups is 1. The van der Waals surface area contributed by atoms with E-state index in [1.165, 1.54) is 0 Å². The van der Waals surface area contributed by atoms with Crippen LogP contribution in [0.2, 0.25) is 0 Å². The van der Waals surface area contributed by atoms with Crippen molar-refractivity contribution in [1.29, 1.82) is 0 Å². The summed E-state index contributed by atoms with van der Waals surface area (Å²) in [6.45, 7) is 8.52. The summed E-state index contributed by atoms with van der Waals surface area (Å²) in [5.41, 5.74) is 0. The standard InChI is InChI=1S/C13H23N5O/c1-4-8-15-13-16-9-7-11(17-13)18(6-3)10-12(19)14-5-2/h7,9H,4-6,8,10H2,1-3H3,(H,14,19)(H,15,16,17). The van der Waals surface area contributed by atoms with E-state index in [2.05, 4.69) is 27.5 Å². The maximum absolute atomic E-state index is 11.6. The van der Waals surface area contributed by atoms with E-state index in [-0.39, 0.29) is 5.91 Å². The zero-order chi connectivity index (χ0) is 14.1. The monoisotopic (exact) mass is 265 g/mol. The second-order valence-electron chi connectivity index (χ2n) is 4.13. The van der Waals surface area contributed by atoms with E-state index >= 15 is 0 Å². The van der Waals surface area contributed by atoms with Crippen LogP contribution in [0.5, 0.6) is 0 Å². The molecule has 1 amide bonds. The highest BCUT2D eigenvalue weighted by molar-refractivity contribution is 5.80. The van der Waals surface area contributed by atoms with Gasteiger partial charge in [-0.2, -0.15) is 4.98 Å². The molecule has 0 aliphatic rings. The van der Waals surface area contributed by atoms with Crippen LogP contribution in [0.15, 0.2) is 12.3 Å². The number of hydrogen-bond acceptors (Lipinski definition) is 5. The Morgan fingerprint density at radius 2 is 2.16 bits per heavy atom. The van der Waals surface area contributed by atoms with Crippen LogP contribution in [0.25, 0.3) is 0 Å². The lowest BCUT2D eigenvalue weighted by Gasteiger charge is -2.21. The lowest BCUT2D eigenvalue weighted by molar-refractivity contribution is -0.119. The first-order chi connectivity index (χ1) is 9.21. The molecule has 19 heavy (non-hydrogen) atoms. The number of anilines is 2. The molecule has 0 atom stereocenters. The fraction of sp³-hybridized carbons (Fsp3) is 0.615. The Morgan fingerprint density at radius 3 is 2.79 bits per heavy atom. The second kappa shape index (κ2) is 8.29. The molecule has 0 saturated heterocycles. The Kier molecular flexibility index (Phi) is 6.63. The maximum Gasteiger partial charge on any atom is 0.239 e. The highest BCUT2D eigenvalue weighted by atomic mass is 16.2. The number of carbonyl (C=O) groups excluding carboxylic acids is 1. The predicted octanol–water partition coefficient (Wildman–Crippen LogP) is 1.26. The van der Waals surface area contributed by atoms with Crippen molar-refractivity contribution in [2.24, 2.45) is 0 Å². The molecule has 0 aliphatic carbocycles. The topological polar surface area (TPSA) is 70.2 Å². The minimum absolute atomic E-state index is 0.00558. The largest absolute Gasteiger partial charge is 0.355 e. The first kappa shape index (κ1) is 15.2. The summed E-state index contributed by atoms with van der Waals surface area (Å²) in [5.74, 6) is 1.38. The summed E-state index contributed by atoms with van der Waals surface area (Å²) in [6, 6.07) is 1.82. The normalized spacial score (nSPS) is 10.1. The lowest BCUT2D eigenvalue weighted by Crippen LogP contribution is -2.37. The van der Waals surface area contributed by atoms with Crippen LogP contribution in [-0.4, -0.2) is 42.1 Å². The van der Waals surface area contributed by atoms with Crippen molar-refractivity contribution in [2.45, 2.75) is 27.2 Å². The van der Waals surface area contributed by atoms with Crippen LogP contribution in [-0.2, 0) is 4.79 Å². The molecule has 1 aromatic rings. The Labute approximate surface area is 114 Å². The molecule has 0 bridgehead atoms. The first-order valence-electron chi connectivity index (χ1n) is 6.79. The molecular weight excluding hydrogens is 242 g/mol. The van der Waals surface area contributed by atoms with Crippen LogP contribution in [0, 0.1) is 0 Å².